The van der Waals surface area contributed by atoms with E-state index in [2.05, 4.69) is 36.1 Å². The molecule has 0 saturated carbocycles. The third-order valence-corrected chi connectivity index (χ3v) is 5.43. The van der Waals surface area contributed by atoms with Crippen LogP contribution < -0.4 is 16.0 Å². The summed E-state index contributed by atoms with van der Waals surface area (Å²) in [5.74, 6) is 1.18. The lowest BCUT2D eigenvalue weighted by atomic mass is 10.1. The molecule has 9 heteroatoms. The third-order valence-electron chi connectivity index (χ3n) is 5.43. The smallest absolute Gasteiger partial charge is 0.251 e. The molecule has 2 aromatic carbocycles. The summed E-state index contributed by atoms with van der Waals surface area (Å²) in [7, 11) is 0. The van der Waals surface area contributed by atoms with Gasteiger partial charge in [-0.15, -0.1) is 12.4 Å². The Labute approximate surface area is 191 Å². The molecular formula is C23H24ClN7O. The Balaban J connectivity index is 0.00000245. The van der Waals surface area contributed by atoms with Gasteiger partial charge in [0.2, 0.25) is 0 Å². The molecule has 0 aliphatic carbocycles. The molecule has 0 bridgehead atoms. The Hall–Kier alpha value is -3.49. The van der Waals surface area contributed by atoms with E-state index >= 15 is 0 Å². The fourth-order valence-electron chi connectivity index (χ4n) is 3.77. The first-order valence-corrected chi connectivity index (χ1v) is 10.4. The topological polar surface area (TPSA) is 108 Å². The van der Waals surface area contributed by atoms with Crippen LogP contribution in [-0.4, -0.2) is 45.2 Å². The largest absolute Gasteiger partial charge is 0.349 e. The lowest BCUT2D eigenvalue weighted by Crippen LogP contribution is -2.42. The van der Waals surface area contributed by atoms with Gasteiger partial charge in [0.05, 0.1) is 11.7 Å². The maximum absolute atomic E-state index is 12.7. The number of rotatable bonds is 5. The summed E-state index contributed by atoms with van der Waals surface area (Å²) in [5, 5.41) is 17.8. The van der Waals surface area contributed by atoms with E-state index in [0.29, 0.717) is 17.2 Å². The minimum absolute atomic E-state index is 0. The van der Waals surface area contributed by atoms with E-state index in [1.54, 1.807) is 12.4 Å². The van der Waals surface area contributed by atoms with Crippen LogP contribution in [0.3, 0.4) is 0 Å². The number of hydrogen-bond donors (Lipinski definition) is 4. The Morgan fingerprint density at radius 1 is 1.06 bits per heavy atom. The van der Waals surface area contributed by atoms with Crippen LogP contribution in [0.4, 0.5) is 11.5 Å². The number of nitrogens with one attached hydrogen (secondary N) is 4. The predicted molar refractivity (Wildman–Crippen MR) is 127 cm³/mol. The highest BCUT2D eigenvalue weighted by molar-refractivity contribution is 5.95. The van der Waals surface area contributed by atoms with Crippen molar-refractivity contribution in [1.29, 1.82) is 0 Å². The fraction of sp³-hybridized carbons (Fsp3) is 0.217. The van der Waals surface area contributed by atoms with Crippen molar-refractivity contribution in [3.8, 4) is 11.4 Å². The van der Waals surface area contributed by atoms with Gasteiger partial charge in [-0.3, -0.25) is 9.89 Å². The predicted octanol–water partition coefficient (Wildman–Crippen LogP) is 3.67. The van der Waals surface area contributed by atoms with Crippen LogP contribution in [0.1, 0.15) is 23.2 Å². The van der Waals surface area contributed by atoms with Gasteiger partial charge < -0.3 is 16.0 Å². The van der Waals surface area contributed by atoms with E-state index in [1.807, 2.05) is 48.5 Å². The van der Waals surface area contributed by atoms with Crippen molar-refractivity contribution >= 4 is 40.7 Å². The van der Waals surface area contributed by atoms with Crippen molar-refractivity contribution < 1.29 is 4.79 Å². The number of H-pyrrole nitrogens is 1. The highest BCUT2D eigenvalue weighted by atomic mass is 35.5. The molecule has 4 N–H and O–H groups in total. The third kappa shape index (κ3) is 4.87. The van der Waals surface area contributed by atoms with Crippen LogP contribution in [-0.2, 0) is 0 Å². The van der Waals surface area contributed by atoms with Gasteiger partial charge in [0.15, 0.2) is 5.82 Å². The van der Waals surface area contributed by atoms with E-state index in [1.165, 1.54) is 0 Å². The molecule has 0 atom stereocenters. The number of nitrogens with zero attached hydrogens (tertiary/aromatic N) is 3. The highest BCUT2D eigenvalue weighted by Crippen LogP contribution is 2.22. The van der Waals surface area contributed by atoms with Gasteiger partial charge in [-0.05, 0) is 62.3 Å². The number of hydrogen-bond acceptors (Lipinski definition) is 6. The van der Waals surface area contributed by atoms with Gasteiger partial charge in [-0.2, -0.15) is 5.10 Å². The second-order valence-electron chi connectivity index (χ2n) is 7.64. The van der Waals surface area contributed by atoms with Crippen molar-refractivity contribution in [3.63, 3.8) is 0 Å². The SMILES string of the molecule is Cl.O=C(NC1CCNCC1)c1cccc(-c2nccc(Nc3ccc4[nH]ncc4c3)n2)c1. The normalized spacial score (nSPS) is 14.0. The molecule has 1 amide bonds. The van der Waals surface area contributed by atoms with Gasteiger partial charge in [0.1, 0.15) is 5.82 Å². The maximum Gasteiger partial charge on any atom is 0.251 e. The zero-order valence-electron chi connectivity index (χ0n) is 17.3. The molecule has 1 fully saturated rings. The quantitative estimate of drug-likeness (QED) is 0.370. The van der Waals surface area contributed by atoms with E-state index in [-0.39, 0.29) is 24.4 Å². The number of benzene rings is 2. The summed E-state index contributed by atoms with van der Waals surface area (Å²) >= 11 is 0. The average Bonchev–Trinajstić information content (AvgIpc) is 3.28. The summed E-state index contributed by atoms with van der Waals surface area (Å²) in [4.78, 5) is 21.7. The number of amides is 1. The molecule has 1 aliphatic heterocycles. The number of carbonyl (C=O) groups is 1. The molecule has 2 aromatic heterocycles. The lowest BCUT2D eigenvalue weighted by molar-refractivity contribution is 0.0929. The minimum atomic E-state index is -0.0588. The van der Waals surface area contributed by atoms with E-state index in [0.717, 1.165) is 48.1 Å². The van der Waals surface area contributed by atoms with Gasteiger partial charge >= 0.3 is 0 Å². The fourth-order valence-corrected chi connectivity index (χ4v) is 3.77. The highest BCUT2D eigenvalue weighted by Gasteiger charge is 2.17. The van der Waals surface area contributed by atoms with Crippen molar-refractivity contribution in [1.82, 2.24) is 30.8 Å². The summed E-state index contributed by atoms with van der Waals surface area (Å²) in [5.41, 5.74) is 3.30. The average molecular weight is 450 g/mol. The first kappa shape index (κ1) is 21.7. The molecule has 164 valence electrons. The summed E-state index contributed by atoms with van der Waals surface area (Å²) in [6.45, 7) is 1.87. The second-order valence-corrected chi connectivity index (χ2v) is 7.64. The number of fused-ring (bicyclic) bond motifs is 1. The van der Waals surface area contributed by atoms with Crippen LogP contribution in [0, 0.1) is 0 Å². The number of carbonyl (C=O) groups excluding carboxylic acids is 1. The molecule has 3 heterocycles. The number of anilines is 2. The minimum Gasteiger partial charge on any atom is -0.349 e. The number of piperidine rings is 1. The van der Waals surface area contributed by atoms with Crippen LogP contribution in [0.15, 0.2) is 60.9 Å². The maximum atomic E-state index is 12.7. The van der Waals surface area contributed by atoms with Crippen LogP contribution >= 0.6 is 12.4 Å². The molecular weight excluding hydrogens is 426 g/mol. The molecule has 5 rings (SSSR count). The van der Waals surface area contributed by atoms with Crippen LogP contribution in [0.25, 0.3) is 22.3 Å². The first-order valence-electron chi connectivity index (χ1n) is 10.4. The molecule has 1 aliphatic rings. The Bertz CT molecular complexity index is 1220. The lowest BCUT2D eigenvalue weighted by Gasteiger charge is -2.23. The van der Waals surface area contributed by atoms with Gasteiger partial charge in [0.25, 0.3) is 5.91 Å². The first-order chi connectivity index (χ1) is 15.2. The Morgan fingerprint density at radius 3 is 2.81 bits per heavy atom. The van der Waals surface area contributed by atoms with E-state index < -0.39 is 0 Å². The van der Waals surface area contributed by atoms with Crippen molar-refractivity contribution in [2.75, 3.05) is 18.4 Å². The Kier molecular flexibility index (Phi) is 6.63. The molecule has 8 nitrogen and oxygen atoms in total. The summed E-state index contributed by atoms with van der Waals surface area (Å²) in [6.07, 6.45) is 5.40. The number of halogens is 1. The molecule has 32 heavy (non-hydrogen) atoms. The standard InChI is InChI=1S/C23H23N7O.ClH/c31-23(28-18-6-9-24-10-7-18)16-3-1-2-15(12-16)22-25-11-8-21(29-22)27-19-4-5-20-17(13-19)14-26-30-20;/h1-5,8,11-14,18,24H,6-7,9-10H2,(H,26,30)(H,28,31)(H,25,27,29);1H. The second kappa shape index (κ2) is 9.76. The van der Waals surface area contributed by atoms with Crippen molar-refractivity contribution in [2.24, 2.45) is 0 Å². The van der Waals surface area contributed by atoms with Gasteiger partial charge in [-0.25, -0.2) is 9.97 Å². The van der Waals surface area contributed by atoms with E-state index in [9.17, 15) is 4.79 Å². The van der Waals surface area contributed by atoms with Crippen LogP contribution in [0.5, 0.6) is 0 Å². The zero-order chi connectivity index (χ0) is 21.0. The Morgan fingerprint density at radius 2 is 1.94 bits per heavy atom. The van der Waals surface area contributed by atoms with Gasteiger partial charge in [-0.1, -0.05) is 12.1 Å². The molecule has 0 spiro atoms. The molecule has 1 saturated heterocycles. The monoisotopic (exact) mass is 449 g/mol. The van der Waals surface area contributed by atoms with Crippen molar-refractivity contribution in [2.45, 2.75) is 18.9 Å². The molecule has 4 aromatic rings. The van der Waals surface area contributed by atoms with Gasteiger partial charge in [0, 0.05) is 34.4 Å². The van der Waals surface area contributed by atoms with Crippen molar-refractivity contribution in [3.05, 3.63) is 66.5 Å². The number of aromatic amines is 1. The summed E-state index contributed by atoms with van der Waals surface area (Å²) < 4.78 is 0. The zero-order valence-corrected chi connectivity index (χ0v) is 18.2. The van der Waals surface area contributed by atoms with Crippen LogP contribution in [0.2, 0.25) is 0 Å². The molecule has 0 radical (unpaired) electrons. The summed E-state index contributed by atoms with van der Waals surface area (Å²) in [6, 6.07) is 15.4. The molecule has 0 unspecified atom stereocenters. The number of aromatic nitrogens is 4. The van der Waals surface area contributed by atoms with E-state index in [4.69, 9.17) is 0 Å².